The normalized spacial score (nSPS) is 11.1. The van der Waals surface area contributed by atoms with Gasteiger partial charge in [-0.15, -0.1) is 22.7 Å². The van der Waals surface area contributed by atoms with E-state index >= 15 is 0 Å². The molecule has 0 heterocycles. The van der Waals surface area contributed by atoms with Gasteiger partial charge in [-0.05, 0) is 6.42 Å². The van der Waals surface area contributed by atoms with Crippen LogP contribution >= 0.6 is 37.1 Å². The molecule has 1 aliphatic carbocycles. The minimum absolute atomic E-state index is 0.705. The van der Waals surface area contributed by atoms with Crippen molar-refractivity contribution < 1.29 is 18.2 Å². The fraction of sp³-hybridized carbons (Fsp3) is 0.0769. The van der Waals surface area contributed by atoms with Gasteiger partial charge in [0.1, 0.15) is 0 Å². The Bertz CT molecular complexity index is 552. The van der Waals surface area contributed by atoms with Crippen molar-refractivity contribution in [2.75, 3.05) is 0 Å². The Morgan fingerprint density at radius 2 is 1.61 bits per heavy atom. The van der Waals surface area contributed by atoms with E-state index in [9.17, 15) is 0 Å². The van der Waals surface area contributed by atoms with Crippen molar-refractivity contribution >= 4 is 37.1 Å². The Kier molecular flexibility index (Phi) is 5.60. The molecule has 0 saturated carbocycles. The van der Waals surface area contributed by atoms with Gasteiger partial charge < -0.3 is 0 Å². The summed E-state index contributed by atoms with van der Waals surface area (Å²) in [5.74, 6) is 0. The molecule has 0 aromatic heterocycles. The van der Waals surface area contributed by atoms with Crippen LogP contribution in [0, 0.1) is 6.07 Å². The SMILES string of the molecule is Clc1[c-]c2c(cc1)-c1ccccc1C2.[Cl][Zr]([Cl])[Cl]. The van der Waals surface area contributed by atoms with E-state index < -0.39 is 18.2 Å². The zero-order chi connectivity index (χ0) is 13.1. The fourth-order valence-corrected chi connectivity index (χ4v) is 2.21. The van der Waals surface area contributed by atoms with Crippen molar-refractivity contribution in [3.63, 3.8) is 0 Å². The Labute approximate surface area is 130 Å². The van der Waals surface area contributed by atoms with Crippen LogP contribution in [0.5, 0.6) is 0 Å². The number of hydrogen-bond acceptors (Lipinski definition) is 0. The Hall–Kier alpha value is 0.483. The second kappa shape index (κ2) is 6.77. The number of rotatable bonds is 0. The van der Waals surface area contributed by atoms with Crippen LogP contribution in [0.15, 0.2) is 36.4 Å². The van der Waals surface area contributed by atoms with E-state index in [0.29, 0.717) is 5.02 Å². The summed E-state index contributed by atoms with van der Waals surface area (Å²) in [6, 6.07) is 15.7. The van der Waals surface area contributed by atoms with E-state index in [-0.39, 0.29) is 0 Å². The van der Waals surface area contributed by atoms with E-state index in [1.807, 2.05) is 6.07 Å². The van der Waals surface area contributed by atoms with Crippen LogP contribution in [0.1, 0.15) is 11.1 Å². The zero-order valence-electron chi connectivity index (χ0n) is 9.18. The predicted molar refractivity (Wildman–Crippen MR) is 76.1 cm³/mol. The van der Waals surface area contributed by atoms with Crippen LogP contribution in [0.2, 0.25) is 5.02 Å². The number of benzene rings is 2. The van der Waals surface area contributed by atoms with Crippen molar-refractivity contribution in [1.82, 2.24) is 0 Å². The molecular formula is C13H8Cl4Zr-. The van der Waals surface area contributed by atoms with Crippen LogP contribution in [-0.2, 0) is 24.6 Å². The molecule has 0 fully saturated rings. The number of fused-ring (bicyclic) bond motifs is 3. The molecule has 0 spiro atoms. The van der Waals surface area contributed by atoms with E-state index in [4.69, 9.17) is 37.1 Å². The monoisotopic (exact) mass is 394 g/mol. The van der Waals surface area contributed by atoms with Crippen LogP contribution in [0.4, 0.5) is 0 Å². The summed E-state index contributed by atoms with van der Waals surface area (Å²) in [5.41, 5.74) is 5.21. The zero-order valence-corrected chi connectivity index (χ0v) is 14.7. The maximum atomic E-state index is 5.91. The molecule has 0 bridgehead atoms. The van der Waals surface area contributed by atoms with Gasteiger partial charge in [0.05, 0.1) is 0 Å². The number of hydrogen-bond donors (Lipinski definition) is 0. The quantitative estimate of drug-likeness (QED) is 0.422. The van der Waals surface area contributed by atoms with Crippen LogP contribution in [0.3, 0.4) is 0 Å². The molecule has 0 amide bonds. The van der Waals surface area contributed by atoms with Gasteiger partial charge in [0, 0.05) is 0 Å². The van der Waals surface area contributed by atoms with Crippen LogP contribution < -0.4 is 0 Å². The first kappa shape index (κ1) is 14.9. The summed E-state index contributed by atoms with van der Waals surface area (Å²) >= 11 is 3.78. The first-order valence-electron chi connectivity index (χ1n) is 5.20. The third-order valence-corrected chi connectivity index (χ3v) is 2.89. The summed E-state index contributed by atoms with van der Waals surface area (Å²) in [7, 11) is 15.0. The van der Waals surface area contributed by atoms with E-state index in [0.717, 1.165) is 6.42 Å². The third kappa shape index (κ3) is 3.74. The van der Waals surface area contributed by atoms with Gasteiger partial charge >= 0.3 is 43.7 Å². The molecule has 0 N–H and O–H groups in total. The molecule has 0 radical (unpaired) electrons. The molecule has 3 rings (SSSR count). The molecule has 93 valence electrons. The molecule has 0 nitrogen and oxygen atoms in total. The van der Waals surface area contributed by atoms with Crippen molar-refractivity contribution in [2.45, 2.75) is 6.42 Å². The fourth-order valence-electron chi connectivity index (χ4n) is 2.03. The Morgan fingerprint density at radius 1 is 0.944 bits per heavy atom. The second-order valence-electron chi connectivity index (χ2n) is 3.75. The molecule has 18 heavy (non-hydrogen) atoms. The van der Waals surface area contributed by atoms with Gasteiger partial charge in [-0.3, -0.25) is 0 Å². The first-order valence-corrected chi connectivity index (χ1v) is 15.1. The van der Waals surface area contributed by atoms with Gasteiger partial charge in [-0.1, -0.05) is 40.4 Å². The average molecular weight is 397 g/mol. The molecule has 0 saturated heterocycles. The van der Waals surface area contributed by atoms with Gasteiger partial charge in [0.15, 0.2) is 0 Å². The van der Waals surface area contributed by atoms with Gasteiger partial charge in [0.2, 0.25) is 0 Å². The summed E-state index contributed by atoms with van der Waals surface area (Å²) in [6.45, 7) is 0. The molecule has 2 aromatic carbocycles. The van der Waals surface area contributed by atoms with Gasteiger partial charge in [0.25, 0.3) is 0 Å². The molecule has 2 aromatic rings. The van der Waals surface area contributed by atoms with Crippen LogP contribution in [0.25, 0.3) is 11.1 Å². The van der Waals surface area contributed by atoms with Gasteiger partial charge in [-0.25, -0.2) is 0 Å². The van der Waals surface area contributed by atoms with Crippen LogP contribution in [-0.4, -0.2) is 0 Å². The number of halogens is 4. The molecule has 0 unspecified atom stereocenters. The van der Waals surface area contributed by atoms with Crippen molar-refractivity contribution in [3.8, 4) is 11.1 Å². The van der Waals surface area contributed by atoms with Gasteiger partial charge in [-0.2, -0.15) is 18.2 Å². The van der Waals surface area contributed by atoms with Crippen molar-refractivity contribution in [1.29, 1.82) is 0 Å². The summed E-state index contributed by atoms with van der Waals surface area (Å²) < 4.78 is 0. The summed E-state index contributed by atoms with van der Waals surface area (Å²) in [4.78, 5) is 0. The predicted octanol–water partition coefficient (Wildman–Crippen LogP) is 5.78. The van der Waals surface area contributed by atoms with E-state index in [1.165, 1.54) is 22.3 Å². The third-order valence-electron chi connectivity index (χ3n) is 2.67. The average Bonchev–Trinajstić information content (AvgIpc) is 2.65. The molecule has 5 heteroatoms. The van der Waals surface area contributed by atoms with Crippen molar-refractivity contribution in [2.24, 2.45) is 0 Å². The molecule has 0 atom stereocenters. The summed E-state index contributed by atoms with van der Waals surface area (Å²) in [5, 5.41) is 0.705. The van der Waals surface area contributed by atoms with Crippen molar-refractivity contribution in [3.05, 3.63) is 58.6 Å². The first-order chi connectivity index (χ1) is 8.58. The maximum absolute atomic E-state index is 5.91. The Morgan fingerprint density at radius 3 is 2.33 bits per heavy atom. The standard InChI is InChI=1S/C13H8Cl.3ClH.Zr/c14-11-5-6-13-10(8-11)7-9-3-1-2-4-12(9)13;;;;/h1-6H,7H2;3*1H;/q-1;;;;+3/p-3. The summed E-state index contributed by atoms with van der Waals surface area (Å²) in [6.07, 6.45) is 0.964. The molecular weight excluding hydrogens is 389 g/mol. The van der Waals surface area contributed by atoms with E-state index in [2.05, 4.69) is 36.4 Å². The topological polar surface area (TPSA) is 0 Å². The minimum atomic E-state index is -2.13. The molecule has 1 aliphatic rings. The Balaban J connectivity index is 0.000000267. The molecule has 0 aliphatic heterocycles. The second-order valence-corrected chi connectivity index (χ2v) is 15.3. The van der Waals surface area contributed by atoms with E-state index in [1.54, 1.807) is 0 Å².